The third-order valence-electron chi connectivity index (χ3n) is 1.87. The SMILES string of the molecule is CC1(N=C(N)NC(C)(C)C)CC1. The molecule has 0 radical (unpaired) electrons. The largest absolute Gasteiger partial charge is 0.370 e. The first-order valence-corrected chi connectivity index (χ1v) is 4.44. The van der Waals surface area contributed by atoms with E-state index in [4.69, 9.17) is 5.73 Å². The number of nitrogens with one attached hydrogen (secondary N) is 1. The van der Waals surface area contributed by atoms with Crippen molar-refractivity contribution in [3.63, 3.8) is 0 Å². The Bertz CT molecular complexity index is 196. The lowest BCUT2D eigenvalue weighted by Gasteiger charge is -2.21. The minimum absolute atomic E-state index is 0.0127. The molecule has 1 aliphatic rings. The second-order valence-electron chi connectivity index (χ2n) is 4.87. The van der Waals surface area contributed by atoms with Crippen LogP contribution in [0.4, 0.5) is 0 Å². The molecule has 0 heterocycles. The van der Waals surface area contributed by atoms with E-state index in [0.717, 1.165) is 0 Å². The zero-order valence-electron chi connectivity index (χ0n) is 8.44. The maximum absolute atomic E-state index is 5.72. The molecule has 3 nitrogen and oxygen atoms in total. The number of aliphatic imine (C=N–C) groups is 1. The molecule has 0 aromatic carbocycles. The van der Waals surface area contributed by atoms with Crippen LogP contribution >= 0.6 is 0 Å². The zero-order valence-corrected chi connectivity index (χ0v) is 8.44. The van der Waals surface area contributed by atoms with Gasteiger partial charge in [-0.15, -0.1) is 0 Å². The minimum Gasteiger partial charge on any atom is -0.370 e. The van der Waals surface area contributed by atoms with Crippen molar-refractivity contribution in [3.05, 3.63) is 0 Å². The number of guanidine groups is 1. The van der Waals surface area contributed by atoms with Crippen LogP contribution in [-0.2, 0) is 0 Å². The highest BCUT2D eigenvalue weighted by Gasteiger charge is 2.37. The summed E-state index contributed by atoms with van der Waals surface area (Å²) < 4.78 is 0. The monoisotopic (exact) mass is 169 g/mol. The van der Waals surface area contributed by atoms with E-state index in [2.05, 4.69) is 38.0 Å². The standard InChI is InChI=1S/C9H19N3/c1-8(2,3)11-7(10)12-9(4)5-6-9/h5-6H2,1-4H3,(H3,10,11,12). The van der Waals surface area contributed by atoms with Crippen LogP contribution < -0.4 is 11.1 Å². The first-order chi connectivity index (χ1) is 5.31. The number of hydrogen-bond acceptors (Lipinski definition) is 1. The molecule has 0 aromatic heterocycles. The fraction of sp³-hybridized carbons (Fsp3) is 0.889. The molecule has 0 saturated heterocycles. The Morgan fingerprint density at radius 3 is 2.25 bits per heavy atom. The Morgan fingerprint density at radius 2 is 1.92 bits per heavy atom. The molecule has 0 spiro atoms. The summed E-state index contributed by atoms with van der Waals surface area (Å²) in [7, 11) is 0. The summed E-state index contributed by atoms with van der Waals surface area (Å²) in [6, 6.07) is 0. The third-order valence-corrected chi connectivity index (χ3v) is 1.87. The Balaban J connectivity index is 2.47. The summed E-state index contributed by atoms with van der Waals surface area (Å²) in [6.45, 7) is 8.35. The number of hydrogen-bond donors (Lipinski definition) is 2. The molecule has 1 fully saturated rings. The molecule has 0 amide bonds. The van der Waals surface area contributed by atoms with Gasteiger partial charge >= 0.3 is 0 Å². The topological polar surface area (TPSA) is 50.4 Å². The minimum atomic E-state index is 0.0127. The lowest BCUT2D eigenvalue weighted by Crippen LogP contribution is -2.45. The Kier molecular flexibility index (Phi) is 2.06. The first kappa shape index (κ1) is 9.36. The molecular formula is C9H19N3. The molecule has 1 aliphatic carbocycles. The van der Waals surface area contributed by atoms with Crippen LogP contribution in [0, 0.1) is 0 Å². The van der Waals surface area contributed by atoms with Gasteiger partial charge in [0.05, 0.1) is 5.54 Å². The third kappa shape index (κ3) is 3.11. The molecule has 70 valence electrons. The van der Waals surface area contributed by atoms with Crippen LogP contribution in [0.1, 0.15) is 40.5 Å². The van der Waals surface area contributed by atoms with E-state index in [1.807, 2.05) is 0 Å². The summed E-state index contributed by atoms with van der Waals surface area (Å²) in [5, 5.41) is 3.14. The smallest absolute Gasteiger partial charge is 0.189 e. The first-order valence-electron chi connectivity index (χ1n) is 4.44. The highest BCUT2D eigenvalue weighted by molar-refractivity contribution is 5.79. The molecular weight excluding hydrogens is 150 g/mol. The average Bonchev–Trinajstić information content (AvgIpc) is 2.40. The summed E-state index contributed by atoms with van der Waals surface area (Å²) in [4.78, 5) is 4.39. The highest BCUT2D eigenvalue weighted by atomic mass is 15.2. The van der Waals surface area contributed by atoms with E-state index in [0.29, 0.717) is 5.96 Å². The van der Waals surface area contributed by atoms with Crippen LogP contribution in [-0.4, -0.2) is 17.0 Å². The summed E-state index contributed by atoms with van der Waals surface area (Å²) in [5.74, 6) is 0.572. The van der Waals surface area contributed by atoms with E-state index in [9.17, 15) is 0 Å². The molecule has 0 bridgehead atoms. The van der Waals surface area contributed by atoms with Crippen molar-refractivity contribution in [3.8, 4) is 0 Å². The van der Waals surface area contributed by atoms with E-state index in [1.54, 1.807) is 0 Å². The van der Waals surface area contributed by atoms with Crippen molar-refractivity contribution in [2.75, 3.05) is 0 Å². The summed E-state index contributed by atoms with van der Waals surface area (Å²) >= 11 is 0. The number of nitrogens with zero attached hydrogens (tertiary/aromatic N) is 1. The fourth-order valence-corrected chi connectivity index (χ4v) is 0.996. The molecule has 1 rings (SSSR count). The maximum Gasteiger partial charge on any atom is 0.189 e. The molecule has 12 heavy (non-hydrogen) atoms. The predicted octanol–water partition coefficient (Wildman–Crippen LogP) is 1.24. The molecule has 3 N–H and O–H groups in total. The van der Waals surface area contributed by atoms with Crippen LogP contribution in [0.3, 0.4) is 0 Å². The van der Waals surface area contributed by atoms with Crippen LogP contribution in [0.25, 0.3) is 0 Å². The van der Waals surface area contributed by atoms with Crippen molar-refractivity contribution < 1.29 is 0 Å². The average molecular weight is 169 g/mol. The van der Waals surface area contributed by atoms with E-state index in [1.165, 1.54) is 12.8 Å². The van der Waals surface area contributed by atoms with Crippen LogP contribution in [0.5, 0.6) is 0 Å². The Labute approximate surface area is 74.4 Å². The lowest BCUT2D eigenvalue weighted by atomic mass is 10.1. The molecule has 0 unspecified atom stereocenters. The van der Waals surface area contributed by atoms with Gasteiger partial charge in [0, 0.05) is 5.54 Å². The van der Waals surface area contributed by atoms with Crippen LogP contribution in [0.2, 0.25) is 0 Å². The Morgan fingerprint density at radius 1 is 1.42 bits per heavy atom. The molecule has 0 aliphatic heterocycles. The van der Waals surface area contributed by atoms with Gasteiger partial charge in [-0.25, -0.2) is 4.99 Å². The van der Waals surface area contributed by atoms with Crippen molar-refractivity contribution in [2.45, 2.75) is 51.6 Å². The van der Waals surface area contributed by atoms with Gasteiger partial charge in [-0.3, -0.25) is 0 Å². The van der Waals surface area contributed by atoms with Gasteiger partial charge in [-0.2, -0.15) is 0 Å². The van der Waals surface area contributed by atoms with Crippen LogP contribution in [0.15, 0.2) is 4.99 Å². The highest BCUT2D eigenvalue weighted by Crippen LogP contribution is 2.38. The van der Waals surface area contributed by atoms with Gasteiger partial charge in [0.1, 0.15) is 0 Å². The number of nitrogens with two attached hydrogens (primary N) is 1. The van der Waals surface area contributed by atoms with E-state index >= 15 is 0 Å². The molecule has 0 aromatic rings. The van der Waals surface area contributed by atoms with Gasteiger partial charge in [0.2, 0.25) is 0 Å². The van der Waals surface area contributed by atoms with Gasteiger partial charge < -0.3 is 11.1 Å². The van der Waals surface area contributed by atoms with Gasteiger partial charge in [-0.05, 0) is 40.5 Å². The summed E-state index contributed by atoms with van der Waals surface area (Å²) in [6.07, 6.45) is 2.33. The normalized spacial score (nSPS) is 22.2. The molecule has 1 saturated carbocycles. The maximum atomic E-state index is 5.72. The summed E-state index contributed by atoms with van der Waals surface area (Å²) in [5.41, 5.74) is 5.88. The fourth-order valence-electron chi connectivity index (χ4n) is 0.996. The van der Waals surface area contributed by atoms with Crippen molar-refractivity contribution in [2.24, 2.45) is 10.7 Å². The van der Waals surface area contributed by atoms with Gasteiger partial charge in [0.15, 0.2) is 5.96 Å². The van der Waals surface area contributed by atoms with E-state index < -0.39 is 0 Å². The van der Waals surface area contributed by atoms with Crippen molar-refractivity contribution in [1.82, 2.24) is 5.32 Å². The molecule has 0 atom stereocenters. The predicted molar refractivity (Wildman–Crippen MR) is 52.2 cm³/mol. The van der Waals surface area contributed by atoms with Gasteiger partial charge in [-0.1, -0.05) is 0 Å². The Hall–Kier alpha value is -0.730. The molecule has 3 heteroatoms. The quantitative estimate of drug-likeness (QED) is 0.458. The lowest BCUT2D eigenvalue weighted by molar-refractivity contribution is 0.506. The van der Waals surface area contributed by atoms with E-state index in [-0.39, 0.29) is 11.1 Å². The number of rotatable bonds is 1. The second kappa shape index (κ2) is 2.64. The van der Waals surface area contributed by atoms with Crippen molar-refractivity contribution in [1.29, 1.82) is 0 Å². The second-order valence-corrected chi connectivity index (χ2v) is 4.87. The zero-order chi connectivity index (χ0) is 9.41. The van der Waals surface area contributed by atoms with Crippen molar-refractivity contribution >= 4 is 5.96 Å². The van der Waals surface area contributed by atoms with Gasteiger partial charge in [0.25, 0.3) is 0 Å².